The Hall–Kier alpha value is -1.13. The molecule has 1 atom stereocenters. The van der Waals surface area contributed by atoms with Gasteiger partial charge in [-0.2, -0.15) is 4.31 Å². The highest BCUT2D eigenvalue weighted by atomic mass is 35.5. The van der Waals surface area contributed by atoms with Gasteiger partial charge in [-0.3, -0.25) is 4.72 Å². The number of halogens is 1. The van der Waals surface area contributed by atoms with Crippen molar-refractivity contribution < 1.29 is 16.8 Å². The Morgan fingerprint density at radius 2 is 1.77 bits per heavy atom. The molecule has 1 fully saturated rings. The Morgan fingerprint density at radius 3 is 2.35 bits per heavy atom. The summed E-state index contributed by atoms with van der Waals surface area (Å²) in [6.45, 7) is 2.42. The monoisotopic (exact) mass is 434 g/mol. The first-order valence-corrected chi connectivity index (χ1v) is 12.2. The van der Waals surface area contributed by atoms with Gasteiger partial charge in [0.05, 0.1) is 9.23 Å². The molecule has 142 valence electrons. The Balaban J connectivity index is 1.80. The number of sulfonamides is 2. The average Bonchev–Trinajstić information content (AvgIpc) is 3.03. The molecule has 0 spiro atoms. The fraction of sp³-hybridized carbons (Fsp3) is 0.375. The minimum absolute atomic E-state index is 0.0319. The van der Waals surface area contributed by atoms with Crippen LogP contribution in [0.25, 0.3) is 0 Å². The predicted octanol–water partition coefficient (Wildman–Crippen LogP) is 3.77. The van der Waals surface area contributed by atoms with Crippen LogP contribution in [0.4, 0.5) is 5.69 Å². The lowest BCUT2D eigenvalue weighted by molar-refractivity contribution is 0.268. The molecule has 2 heterocycles. The minimum atomic E-state index is -3.75. The Morgan fingerprint density at radius 1 is 1.08 bits per heavy atom. The van der Waals surface area contributed by atoms with E-state index in [0.717, 1.165) is 30.6 Å². The van der Waals surface area contributed by atoms with Gasteiger partial charge in [0.1, 0.15) is 4.21 Å². The van der Waals surface area contributed by atoms with Gasteiger partial charge in [0.15, 0.2) is 0 Å². The van der Waals surface area contributed by atoms with Gasteiger partial charge in [-0.05, 0) is 56.2 Å². The molecule has 26 heavy (non-hydrogen) atoms. The summed E-state index contributed by atoms with van der Waals surface area (Å²) < 4.78 is 54.6. The van der Waals surface area contributed by atoms with Crippen LogP contribution in [-0.4, -0.2) is 33.7 Å². The van der Waals surface area contributed by atoms with Gasteiger partial charge in [0, 0.05) is 18.3 Å². The SMILES string of the molecule is CC1CCCCN1S(=O)(=O)c1ccc(NS(=O)(=O)c2ccc(Cl)s2)cc1. The maximum Gasteiger partial charge on any atom is 0.271 e. The van der Waals surface area contributed by atoms with E-state index in [1.807, 2.05) is 6.92 Å². The fourth-order valence-corrected chi connectivity index (χ4v) is 7.15. The number of piperidine rings is 1. The lowest BCUT2D eigenvalue weighted by atomic mass is 10.1. The smallest absolute Gasteiger partial charge is 0.271 e. The highest BCUT2D eigenvalue weighted by Gasteiger charge is 2.30. The Labute approximate surface area is 162 Å². The van der Waals surface area contributed by atoms with Crippen LogP contribution in [0, 0.1) is 0 Å². The second-order valence-corrected chi connectivity index (χ2v) is 11.7. The van der Waals surface area contributed by atoms with E-state index in [1.54, 1.807) is 0 Å². The highest BCUT2D eigenvalue weighted by molar-refractivity contribution is 7.94. The molecule has 1 aliphatic rings. The van der Waals surface area contributed by atoms with Crippen LogP contribution < -0.4 is 4.72 Å². The standard InChI is InChI=1S/C16H19ClN2O4S3/c1-12-4-2-3-11-19(12)26(22,23)14-7-5-13(6-8-14)18-25(20,21)16-10-9-15(17)24-16/h5-10,12,18H,2-4,11H2,1H3. The van der Waals surface area contributed by atoms with Crippen molar-refractivity contribution in [2.24, 2.45) is 0 Å². The van der Waals surface area contributed by atoms with E-state index >= 15 is 0 Å². The van der Waals surface area contributed by atoms with Crippen LogP contribution in [0.1, 0.15) is 26.2 Å². The first-order valence-electron chi connectivity index (χ1n) is 8.10. The molecule has 2 aromatic rings. The zero-order valence-electron chi connectivity index (χ0n) is 14.1. The van der Waals surface area contributed by atoms with Gasteiger partial charge in [-0.25, -0.2) is 16.8 Å². The normalized spacial score (nSPS) is 19.4. The van der Waals surface area contributed by atoms with E-state index < -0.39 is 20.0 Å². The van der Waals surface area contributed by atoms with E-state index in [1.165, 1.54) is 40.7 Å². The summed E-state index contributed by atoms with van der Waals surface area (Å²) in [6.07, 6.45) is 2.73. The third kappa shape index (κ3) is 4.07. The van der Waals surface area contributed by atoms with Crippen molar-refractivity contribution >= 4 is 48.7 Å². The quantitative estimate of drug-likeness (QED) is 0.776. The van der Waals surface area contributed by atoms with Crippen molar-refractivity contribution in [3.8, 4) is 0 Å². The van der Waals surface area contributed by atoms with Crippen LogP contribution >= 0.6 is 22.9 Å². The fourth-order valence-electron chi connectivity index (χ4n) is 2.91. The second-order valence-electron chi connectivity index (χ2n) is 6.15. The van der Waals surface area contributed by atoms with Crippen LogP contribution in [0.3, 0.4) is 0 Å². The lowest BCUT2D eigenvalue weighted by Crippen LogP contribution is -2.41. The molecule has 1 aromatic heterocycles. The molecule has 1 unspecified atom stereocenters. The third-order valence-corrected chi connectivity index (χ3v) is 9.40. The topological polar surface area (TPSA) is 83.6 Å². The largest absolute Gasteiger partial charge is 0.279 e. The van der Waals surface area contributed by atoms with E-state index in [9.17, 15) is 16.8 Å². The summed E-state index contributed by atoms with van der Waals surface area (Å²) in [7, 11) is -7.33. The lowest BCUT2D eigenvalue weighted by Gasteiger charge is -2.32. The van der Waals surface area contributed by atoms with Crippen molar-refractivity contribution in [1.29, 1.82) is 0 Å². The van der Waals surface area contributed by atoms with Gasteiger partial charge in [-0.15, -0.1) is 11.3 Å². The summed E-state index contributed by atoms with van der Waals surface area (Å²) in [5, 5.41) is 0. The van der Waals surface area contributed by atoms with Crippen molar-refractivity contribution in [3.63, 3.8) is 0 Å². The van der Waals surface area contributed by atoms with E-state index in [-0.39, 0.29) is 15.1 Å². The molecule has 1 saturated heterocycles. The maximum atomic E-state index is 12.8. The van der Waals surface area contributed by atoms with Crippen molar-refractivity contribution in [2.75, 3.05) is 11.3 Å². The molecule has 3 rings (SSSR count). The molecule has 1 aromatic carbocycles. The van der Waals surface area contributed by atoms with Crippen LogP contribution in [0.5, 0.6) is 0 Å². The molecule has 0 saturated carbocycles. The van der Waals surface area contributed by atoms with E-state index in [4.69, 9.17) is 11.6 Å². The van der Waals surface area contributed by atoms with Gasteiger partial charge < -0.3 is 0 Å². The molecule has 10 heteroatoms. The average molecular weight is 435 g/mol. The molecule has 1 N–H and O–H groups in total. The number of anilines is 1. The zero-order chi connectivity index (χ0) is 18.9. The van der Waals surface area contributed by atoms with Crippen molar-refractivity contribution in [3.05, 3.63) is 40.7 Å². The number of hydrogen-bond donors (Lipinski definition) is 1. The van der Waals surface area contributed by atoms with Crippen molar-refractivity contribution in [2.45, 2.75) is 41.3 Å². The number of thiophene rings is 1. The summed E-state index contributed by atoms with van der Waals surface area (Å²) in [5.74, 6) is 0. The van der Waals surface area contributed by atoms with Crippen molar-refractivity contribution in [1.82, 2.24) is 4.31 Å². The number of nitrogens with one attached hydrogen (secondary N) is 1. The number of nitrogens with zero attached hydrogens (tertiary/aromatic N) is 1. The van der Waals surface area contributed by atoms with Gasteiger partial charge in [0.2, 0.25) is 10.0 Å². The van der Waals surface area contributed by atoms with Crippen LogP contribution in [-0.2, 0) is 20.0 Å². The first-order chi connectivity index (χ1) is 12.2. The van der Waals surface area contributed by atoms with E-state index in [0.29, 0.717) is 16.6 Å². The molecule has 6 nitrogen and oxygen atoms in total. The second kappa shape index (κ2) is 7.47. The first kappa shape index (κ1) is 19.6. The predicted molar refractivity (Wildman–Crippen MR) is 104 cm³/mol. The molecular formula is C16H19ClN2O4S3. The number of hydrogen-bond acceptors (Lipinski definition) is 5. The molecule has 0 bridgehead atoms. The number of benzene rings is 1. The third-order valence-electron chi connectivity index (χ3n) is 4.27. The molecule has 0 radical (unpaired) electrons. The van der Waals surface area contributed by atoms with Gasteiger partial charge in [0.25, 0.3) is 10.0 Å². The van der Waals surface area contributed by atoms with Crippen LogP contribution in [0.15, 0.2) is 45.5 Å². The maximum absolute atomic E-state index is 12.8. The summed E-state index contributed by atoms with van der Waals surface area (Å²) >= 11 is 6.73. The van der Waals surface area contributed by atoms with E-state index in [2.05, 4.69) is 4.72 Å². The summed E-state index contributed by atoms with van der Waals surface area (Å²) in [5.41, 5.74) is 0.292. The summed E-state index contributed by atoms with van der Waals surface area (Å²) in [4.78, 5) is 0.161. The molecular weight excluding hydrogens is 416 g/mol. The minimum Gasteiger partial charge on any atom is -0.279 e. The Kier molecular flexibility index (Phi) is 5.64. The van der Waals surface area contributed by atoms with Gasteiger partial charge in [-0.1, -0.05) is 18.0 Å². The number of rotatable bonds is 5. The Bertz CT molecular complexity index is 985. The summed E-state index contributed by atoms with van der Waals surface area (Å²) in [6, 6.07) is 8.66. The van der Waals surface area contributed by atoms with Gasteiger partial charge >= 0.3 is 0 Å². The highest BCUT2D eigenvalue weighted by Crippen LogP contribution is 2.29. The van der Waals surface area contributed by atoms with Crippen LogP contribution in [0.2, 0.25) is 4.34 Å². The molecule has 0 amide bonds. The molecule has 1 aliphatic heterocycles. The zero-order valence-corrected chi connectivity index (χ0v) is 17.3. The molecule has 0 aliphatic carbocycles.